The van der Waals surface area contributed by atoms with Crippen molar-refractivity contribution in [2.24, 2.45) is 5.73 Å². The van der Waals surface area contributed by atoms with Crippen LogP contribution < -0.4 is 11.1 Å². The number of unbranched alkanes of at least 4 members (excludes halogenated alkanes) is 1. The van der Waals surface area contributed by atoms with Crippen LogP contribution in [0.4, 0.5) is 0 Å². The van der Waals surface area contributed by atoms with E-state index in [4.69, 9.17) is 5.73 Å². The standard InChI is InChI=1S/C8H12.C5H10.C4H10N2.C2H6.C2H2/c1-2-8-6-4-3-5-7-8;1-3-5-4-2;5-4-1-2-6-3-4;2*1-2/h3-4,6H,2,5,7H2,1H3;3H,1,4-5H2,2H3;4,6H,1-3,5H2;1-2H3;1-2H. The van der Waals surface area contributed by atoms with E-state index in [-0.39, 0.29) is 0 Å². The van der Waals surface area contributed by atoms with E-state index in [1.807, 2.05) is 19.9 Å². The van der Waals surface area contributed by atoms with Crippen LogP contribution in [0.3, 0.4) is 0 Å². The Kier molecular flexibility index (Phi) is 29.6. The summed E-state index contributed by atoms with van der Waals surface area (Å²) in [5.74, 6) is 0. The lowest BCUT2D eigenvalue weighted by Gasteiger charge is -2.03. The van der Waals surface area contributed by atoms with Crippen molar-refractivity contribution < 1.29 is 0 Å². The Hall–Kier alpha value is -1.30. The van der Waals surface area contributed by atoms with E-state index in [2.05, 4.69) is 56.8 Å². The third-order valence-electron chi connectivity index (χ3n) is 3.15. The molecule has 2 nitrogen and oxygen atoms in total. The second-order valence-electron chi connectivity index (χ2n) is 4.98. The molecule has 0 aromatic carbocycles. The number of terminal acetylenes is 1. The quantitative estimate of drug-likeness (QED) is 0.552. The van der Waals surface area contributed by atoms with Crippen molar-refractivity contribution in [1.29, 1.82) is 0 Å². The molecular formula is C21H40N2. The van der Waals surface area contributed by atoms with Crippen LogP contribution in [-0.4, -0.2) is 19.1 Å². The smallest absolute Gasteiger partial charge is 0.0177 e. The zero-order valence-corrected chi connectivity index (χ0v) is 16.0. The number of nitrogens with two attached hydrogens (primary N) is 1. The van der Waals surface area contributed by atoms with Crippen LogP contribution in [0.1, 0.15) is 66.2 Å². The predicted octanol–water partition coefficient (Wildman–Crippen LogP) is 5.23. The monoisotopic (exact) mass is 320 g/mol. The minimum absolute atomic E-state index is 0.435. The summed E-state index contributed by atoms with van der Waals surface area (Å²) in [5.41, 5.74) is 7.06. The maximum Gasteiger partial charge on any atom is 0.0177 e. The Morgan fingerprint density at radius 3 is 2.17 bits per heavy atom. The summed E-state index contributed by atoms with van der Waals surface area (Å²) in [5, 5.41) is 3.15. The molecule has 3 N–H and O–H groups in total. The van der Waals surface area contributed by atoms with E-state index in [0.29, 0.717) is 6.04 Å². The molecule has 1 atom stereocenters. The van der Waals surface area contributed by atoms with Gasteiger partial charge in [0, 0.05) is 12.6 Å². The van der Waals surface area contributed by atoms with Gasteiger partial charge in [0.15, 0.2) is 0 Å². The van der Waals surface area contributed by atoms with Crippen molar-refractivity contribution in [2.45, 2.75) is 72.3 Å². The van der Waals surface area contributed by atoms with Crippen LogP contribution >= 0.6 is 0 Å². The van der Waals surface area contributed by atoms with E-state index >= 15 is 0 Å². The number of hydrogen-bond acceptors (Lipinski definition) is 2. The van der Waals surface area contributed by atoms with Crippen LogP contribution in [0.2, 0.25) is 0 Å². The molecule has 0 aromatic rings. The zero-order chi connectivity index (χ0) is 18.3. The maximum absolute atomic E-state index is 5.47. The van der Waals surface area contributed by atoms with Crippen molar-refractivity contribution in [3.8, 4) is 12.8 Å². The summed E-state index contributed by atoms with van der Waals surface area (Å²) in [6, 6.07) is 0.435. The molecule has 0 spiro atoms. The molecule has 2 rings (SSSR count). The molecule has 0 bridgehead atoms. The van der Waals surface area contributed by atoms with E-state index < -0.39 is 0 Å². The fourth-order valence-corrected chi connectivity index (χ4v) is 1.83. The minimum Gasteiger partial charge on any atom is -0.327 e. The molecule has 0 radical (unpaired) electrons. The average Bonchev–Trinajstić information content (AvgIpc) is 3.12. The van der Waals surface area contributed by atoms with Gasteiger partial charge in [-0.05, 0) is 38.6 Å². The van der Waals surface area contributed by atoms with Crippen LogP contribution in [0, 0.1) is 12.8 Å². The van der Waals surface area contributed by atoms with Gasteiger partial charge < -0.3 is 11.1 Å². The van der Waals surface area contributed by atoms with Gasteiger partial charge in [-0.1, -0.05) is 64.0 Å². The molecule has 1 aliphatic heterocycles. The number of rotatable bonds is 3. The third-order valence-corrected chi connectivity index (χ3v) is 3.15. The summed E-state index contributed by atoms with van der Waals surface area (Å²) in [6.07, 6.45) is 23.8. The lowest BCUT2D eigenvalue weighted by atomic mass is 10.0. The van der Waals surface area contributed by atoms with Gasteiger partial charge >= 0.3 is 0 Å². The van der Waals surface area contributed by atoms with E-state index in [9.17, 15) is 0 Å². The second-order valence-corrected chi connectivity index (χ2v) is 4.98. The highest BCUT2D eigenvalue weighted by Gasteiger charge is 2.06. The number of nitrogens with one attached hydrogen (secondary N) is 1. The zero-order valence-electron chi connectivity index (χ0n) is 16.0. The number of allylic oxidation sites excluding steroid dienone is 5. The molecule has 1 fully saturated rings. The molecule has 1 heterocycles. The first kappa shape index (κ1) is 26.6. The summed E-state index contributed by atoms with van der Waals surface area (Å²) < 4.78 is 0. The SMILES string of the molecule is C#C.C=CCCC.CC.CCC1=CC=CCC1.NC1CCNC1. The lowest BCUT2D eigenvalue weighted by Crippen LogP contribution is -2.21. The molecule has 23 heavy (non-hydrogen) atoms. The first-order chi connectivity index (χ1) is 11.2. The molecule has 0 amide bonds. The fourth-order valence-electron chi connectivity index (χ4n) is 1.83. The summed E-state index contributed by atoms with van der Waals surface area (Å²) in [7, 11) is 0. The summed E-state index contributed by atoms with van der Waals surface area (Å²) in [4.78, 5) is 0. The lowest BCUT2D eigenvalue weighted by molar-refractivity contribution is 0.742. The molecule has 2 aliphatic rings. The molecule has 1 saturated heterocycles. The van der Waals surface area contributed by atoms with Crippen LogP contribution in [0.25, 0.3) is 0 Å². The van der Waals surface area contributed by atoms with Gasteiger partial charge in [0.25, 0.3) is 0 Å². The maximum atomic E-state index is 5.47. The first-order valence-electron chi connectivity index (χ1n) is 8.99. The summed E-state index contributed by atoms with van der Waals surface area (Å²) in [6.45, 7) is 14.0. The average molecular weight is 321 g/mol. The van der Waals surface area contributed by atoms with Gasteiger partial charge in [-0.3, -0.25) is 0 Å². The van der Waals surface area contributed by atoms with E-state index in [1.54, 1.807) is 5.57 Å². The Morgan fingerprint density at radius 1 is 1.35 bits per heavy atom. The Balaban J connectivity index is -0.000000241. The van der Waals surface area contributed by atoms with Crippen LogP contribution in [0.15, 0.2) is 36.5 Å². The fraction of sp³-hybridized carbons (Fsp3) is 0.619. The largest absolute Gasteiger partial charge is 0.327 e. The second kappa shape index (κ2) is 25.6. The molecule has 2 heteroatoms. The van der Waals surface area contributed by atoms with E-state index in [1.165, 1.54) is 25.7 Å². The highest BCUT2D eigenvalue weighted by molar-refractivity contribution is 5.16. The van der Waals surface area contributed by atoms with Crippen LogP contribution in [0.5, 0.6) is 0 Å². The van der Waals surface area contributed by atoms with Crippen molar-refractivity contribution in [3.63, 3.8) is 0 Å². The molecule has 0 saturated carbocycles. The van der Waals surface area contributed by atoms with Gasteiger partial charge in [-0.25, -0.2) is 0 Å². The molecule has 1 aliphatic carbocycles. The minimum atomic E-state index is 0.435. The van der Waals surface area contributed by atoms with Crippen molar-refractivity contribution in [2.75, 3.05) is 13.1 Å². The first-order valence-corrected chi connectivity index (χ1v) is 8.99. The van der Waals surface area contributed by atoms with Gasteiger partial charge in [0.05, 0.1) is 0 Å². The van der Waals surface area contributed by atoms with Gasteiger partial charge in [0.1, 0.15) is 0 Å². The Bertz CT molecular complexity index is 294. The summed E-state index contributed by atoms with van der Waals surface area (Å²) >= 11 is 0. The third kappa shape index (κ3) is 23.1. The molecule has 0 aromatic heterocycles. The Morgan fingerprint density at radius 2 is 2.00 bits per heavy atom. The van der Waals surface area contributed by atoms with Gasteiger partial charge in [-0.15, -0.1) is 19.4 Å². The Labute approximate surface area is 146 Å². The number of hydrogen-bond donors (Lipinski definition) is 2. The van der Waals surface area contributed by atoms with Gasteiger partial charge in [0.2, 0.25) is 0 Å². The topological polar surface area (TPSA) is 38.0 Å². The molecule has 1 unspecified atom stereocenters. The van der Waals surface area contributed by atoms with Crippen LogP contribution in [-0.2, 0) is 0 Å². The predicted molar refractivity (Wildman–Crippen MR) is 109 cm³/mol. The van der Waals surface area contributed by atoms with Crippen molar-refractivity contribution in [1.82, 2.24) is 5.32 Å². The molecular weight excluding hydrogens is 280 g/mol. The highest BCUT2D eigenvalue weighted by Crippen LogP contribution is 2.13. The van der Waals surface area contributed by atoms with Crippen molar-refractivity contribution >= 4 is 0 Å². The van der Waals surface area contributed by atoms with Crippen molar-refractivity contribution in [3.05, 3.63) is 36.5 Å². The van der Waals surface area contributed by atoms with E-state index in [0.717, 1.165) is 25.9 Å². The highest BCUT2D eigenvalue weighted by atomic mass is 14.9. The van der Waals surface area contributed by atoms with Gasteiger partial charge in [-0.2, -0.15) is 0 Å². The molecule has 134 valence electrons. The normalized spacial score (nSPS) is 17.3.